The summed E-state index contributed by atoms with van der Waals surface area (Å²) >= 11 is 0. The van der Waals surface area contributed by atoms with Gasteiger partial charge in [0.2, 0.25) is 5.91 Å². The normalized spacial score (nSPS) is 10.2. The highest BCUT2D eigenvalue weighted by Gasteiger charge is 2.09. The number of carbonyl (C=O) groups is 2. The summed E-state index contributed by atoms with van der Waals surface area (Å²) in [5, 5.41) is 11.1. The maximum atomic E-state index is 11.2. The first-order chi connectivity index (χ1) is 6.60. The van der Waals surface area contributed by atoms with E-state index in [9.17, 15) is 9.59 Å². The lowest BCUT2D eigenvalue weighted by Crippen LogP contribution is -2.38. The molecule has 2 N–H and O–H groups in total. The molecule has 5 heteroatoms. The van der Waals surface area contributed by atoms with Gasteiger partial charge in [-0.15, -0.1) is 0 Å². The summed E-state index contributed by atoms with van der Waals surface area (Å²) in [5.41, 5.74) is 0. The summed E-state index contributed by atoms with van der Waals surface area (Å²) in [6.45, 7) is 5.74. The maximum Gasteiger partial charge on any atom is 0.304 e. The second-order valence-electron chi connectivity index (χ2n) is 2.97. The van der Waals surface area contributed by atoms with Crippen LogP contribution < -0.4 is 5.32 Å². The second kappa shape index (κ2) is 7.32. The SMILES string of the molecule is CCNC(=O)CN(CC)CCC(=O)O. The molecule has 0 aromatic rings. The number of nitrogens with zero attached hydrogens (tertiary/aromatic N) is 1. The fourth-order valence-electron chi connectivity index (χ4n) is 1.06. The molecule has 0 atom stereocenters. The third kappa shape index (κ3) is 6.42. The fraction of sp³-hybridized carbons (Fsp3) is 0.778. The molecule has 0 aromatic heterocycles. The molecular weight excluding hydrogens is 184 g/mol. The van der Waals surface area contributed by atoms with Crippen LogP contribution in [-0.4, -0.2) is 48.1 Å². The predicted octanol–water partition coefficient (Wildman–Crippen LogP) is -0.0809. The number of hydrogen-bond donors (Lipinski definition) is 2. The molecule has 0 unspecified atom stereocenters. The average Bonchev–Trinajstić information content (AvgIpc) is 2.12. The Labute approximate surface area is 84.1 Å². The van der Waals surface area contributed by atoms with Crippen molar-refractivity contribution >= 4 is 11.9 Å². The molecule has 0 aliphatic rings. The van der Waals surface area contributed by atoms with Crippen LogP contribution in [0.1, 0.15) is 20.3 Å². The van der Waals surface area contributed by atoms with E-state index in [1.807, 2.05) is 13.8 Å². The van der Waals surface area contributed by atoms with Crippen molar-refractivity contribution in [2.75, 3.05) is 26.2 Å². The van der Waals surface area contributed by atoms with E-state index >= 15 is 0 Å². The number of aliphatic carboxylic acids is 1. The van der Waals surface area contributed by atoms with Crippen molar-refractivity contribution in [1.82, 2.24) is 10.2 Å². The molecule has 0 aliphatic carbocycles. The minimum atomic E-state index is -0.834. The number of amides is 1. The van der Waals surface area contributed by atoms with Crippen LogP contribution in [0.3, 0.4) is 0 Å². The van der Waals surface area contributed by atoms with Gasteiger partial charge in [0, 0.05) is 13.1 Å². The van der Waals surface area contributed by atoms with Gasteiger partial charge >= 0.3 is 5.97 Å². The van der Waals surface area contributed by atoms with E-state index in [1.165, 1.54) is 0 Å². The van der Waals surface area contributed by atoms with Gasteiger partial charge < -0.3 is 10.4 Å². The lowest BCUT2D eigenvalue weighted by atomic mass is 10.3. The van der Waals surface area contributed by atoms with Crippen LogP contribution in [0.5, 0.6) is 0 Å². The molecule has 1 amide bonds. The average molecular weight is 202 g/mol. The quantitative estimate of drug-likeness (QED) is 0.606. The van der Waals surface area contributed by atoms with Crippen molar-refractivity contribution in [1.29, 1.82) is 0 Å². The zero-order valence-electron chi connectivity index (χ0n) is 8.75. The summed E-state index contributed by atoms with van der Waals surface area (Å²) in [6, 6.07) is 0. The highest BCUT2D eigenvalue weighted by molar-refractivity contribution is 5.78. The number of nitrogens with one attached hydrogen (secondary N) is 1. The monoisotopic (exact) mass is 202 g/mol. The number of likely N-dealkylation sites (N-methyl/N-ethyl adjacent to an activating group) is 2. The topological polar surface area (TPSA) is 69.6 Å². The lowest BCUT2D eigenvalue weighted by molar-refractivity contribution is -0.137. The standard InChI is InChI=1S/C9H18N2O3/c1-3-10-8(12)7-11(4-2)6-5-9(13)14/h3-7H2,1-2H3,(H,10,12)(H,13,14). The largest absolute Gasteiger partial charge is 0.481 e. The van der Waals surface area contributed by atoms with Crippen LogP contribution in [0.15, 0.2) is 0 Å². The summed E-state index contributed by atoms with van der Waals surface area (Å²) in [6.07, 6.45) is 0.0766. The Bertz CT molecular complexity index is 194. The minimum absolute atomic E-state index is 0.0558. The number of hydrogen-bond acceptors (Lipinski definition) is 3. The van der Waals surface area contributed by atoms with Crippen molar-refractivity contribution in [3.05, 3.63) is 0 Å². The van der Waals surface area contributed by atoms with Crippen molar-refractivity contribution in [2.24, 2.45) is 0 Å². The summed E-state index contributed by atoms with van der Waals surface area (Å²) < 4.78 is 0. The third-order valence-electron chi connectivity index (χ3n) is 1.83. The van der Waals surface area contributed by atoms with Gasteiger partial charge in [-0.3, -0.25) is 14.5 Å². The van der Waals surface area contributed by atoms with E-state index in [0.29, 0.717) is 19.6 Å². The summed E-state index contributed by atoms with van der Waals surface area (Å²) in [4.78, 5) is 23.3. The van der Waals surface area contributed by atoms with Crippen LogP contribution in [0.2, 0.25) is 0 Å². The number of carboxylic acid groups (broad SMARTS) is 1. The highest BCUT2D eigenvalue weighted by Crippen LogP contribution is 1.91. The Morgan fingerprint density at radius 2 is 2.00 bits per heavy atom. The summed E-state index contributed by atoms with van der Waals surface area (Å²) in [7, 11) is 0. The second-order valence-corrected chi connectivity index (χ2v) is 2.97. The van der Waals surface area contributed by atoms with E-state index in [-0.39, 0.29) is 18.9 Å². The van der Waals surface area contributed by atoms with Crippen LogP contribution >= 0.6 is 0 Å². The Balaban J connectivity index is 3.78. The molecule has 0 aromatic carbocycles. The molecule has 0 saturated heterocycles. The number of rotatable bonds is 7. The first-order valence-corrected chi connectivity index (χ1v) is 4.81. The zero-order chi connectivity index (χ0) is 11.0. The van der Waals surface area contributed by atoms with Crippen LogP contribution in [0.25, 0.3) is 0 Å². The Kier molecular flexibility index (Phi) is 6.74. The van der Waals surface area contributed by atoms with E-state index in [2.05, 4.69) is 5.32 Å². The molecule has 0 spiro atoms. The van der Waals surface area contributed by atoms with E-state index in [0.717, 1.165) is 0 Å². The van der Waals surface area contributed by atoms with Crippen molar-refractivity contribution in [3.63, 3.8) is 0 Å². The Morgan fingerprint density at radius 3 is 2.43 bits per heavy atom. The van der Waals surface area contributed by atoms with Gasteiger partial charge in [0.25, 0.3) is 0 Å². The molecule has 14 heavy (non-hydrogen) atoms. The number of carboxylic acids is 1. The molecule has 0 radical (unpaired) electrons. The Morgan fingerprint density at radius 1 is 1.36 bits per heavy atom. The van der Waals surface area contributed by atoms with Crippen molar-refractivity contribution < 1.29 is 14.7 Å². The molecule has 5 nitrogen and oxygen atoms in total. The molecule has 0 heterocycles. The van der Waals surface area contributed by atoms with Crippen molar-refractivity contribution in [3.8, 4) is 0 Å². The van der Waals surface area contributed by atoms with Crippen LogP contribution in [0.4, 0.5) is 0 Å². The van der Waals surface area contributed by atoms with E-state index < -0.39 is 5.97 Å². The first-order valence-electron chi connectivity index (χ1n) is 4.81. The lowest BCUT2D eigenvalue weighted by Gasteiger charge is -2.18. The maximum absolute atomic E-state index is 11.2. The van der Waals surface area contributed by atoms with Gasteiger partial charge in [0.05, 0.1) is 13.0 Å². The smallest absolute Gasteiger partial charge is 0.304 e. The van der Waals surface area contributed by atoms with Crippen molar-refractivity contribution in [2.45, 2.75) is 20.3 Å². The van der Waals surface area contributed by atoms with Gasteiger partial charge in [0.1, 0.15) is 0 Å². The third-order valence-corrected chi connectivity index (χ3v) is 1.83. The molecule has 82 valence electrons. The fourth-order valence-corrected chi connectivity index (χ4v) is 1.06. The predicted molar refractivity (Wildman–Crippen MR) is 53.1 cm³/mol. The highest BCUT2D eigenvalue weighted by atomic mass is 16.4. The van der Waals surface area contributed by atoms with E-state index in [1.54, 1.807) is 4.90 Å². The van der Waals surface area contributed by atoms with Gasteiger partial charge in [0.15, 0.2) is 0 Å². The van der Waals surface area contributed by atoms with E-state index in [4.69, 9.17) is 5.11 Å². The number of carbonyl (C=O) groups excluding carboxylic acids is 1. The van der Waals surface area contributed by atoms with Gasteiger partial charge in [-0.25, -0.2) is 0 Å². The van der Waals surface area contributed by atoms with Gasteiger partial charge in [-0.05, 0) is 13.5 Å². The molecule has 0 saturated carbocycles. The zero-order valence-corrected chi connectivity index (χ0v) is 8.75. The van der Waals surface area contributed by atoms with Gasteiger partial charge in [-0.2, -0.15) is 0 Å². The van der Waals surface area contributed by atoms with Crippen LogP contribution in [-0.2, 0) is 9.59 Å². The minimum Gasteiger partial charge on any atom is -0.481 e. The first kappa shape index (κ1) is 12.9. The molecule has 0 rings (SSSR count). The van der Waals surface area contributed by atoms with Crippen LogP contribution in [0, 0.1) is 0 Å². The molecular formula is C9H18N2O3. The molecule has 0 fully saturated rings. The molecule has 0 bridgehead atoms. The molecule has 0 aliphatic heterocycles. The Hall–Kier alpha value is -1.10. The van der Waals surface area contributed by atoms with Gasteiger partial charge in [-0.1, -0.05) is 6.92 Å². The summed E-state index contributed by atoms with van der Waals surface area (Å²) in [5.74, 6) is -0.890.